The fourth-order valence-corrected chi connectivity index (χ4v) is 1.98. The first-order valence-corrected chi connectivity index (χ1v) is 7.80. The van der Waals surface area contributed by atoms with Crippen molar-refractivity contribution < 1.29 is 18.5 Å². The van der Waals surface area contributed by atoms with Crippen LogP contribution in [0.15, 0.2) is 0 Å². The average Bonchev–Trinajstić information content (AvgIpc) is 2.11. The van der Waals surface area contributed by atoms with Gasteiger partial charge in [0.05, 0.1) is 18.6 Å². The number of hydrogen-bond donors (Lipinski definition) is 1. The molecule has 0 aromatic heterocycles. The summed E-state index contributed by atoms with van der Waals surface area (Å²) in [6.45, 7) is 1.74. The lowest BCUT2D eigenvalue weighted by molar-refractivity contribution is 0.152. The molecule has 0 radical (unpaired) electrons. The molecule has 14 heavy (non-hydrogen) atoms. The normalized spacial score (nSPS) is 20.1. The van der Waals surface area contributed by atoms with Crippen molar-refractivity contribution in [3.63, 3.8) is 0 Å². The van der Waals surface area contributed by atoms with Gasteiger partial charge in [0, 0.05) is 10.2 Å². The summed E-state index contributed by atoms with van der Waals surface area (Å²) in [4.78, 5) is 9.10. The highest BCUT2D eigenvalue weighted by Gasteiger charge is 2.22. The lowest BCUT2D eigenvalue weighted by Crippen LogP contribution is -2.11. The number of phosphoric ester groups is 1. The van der Waals surface area contributed by atoms with Gasteiger partial charge in [0.15, 0.2) is 0 Å². The van der Waals surface area contributed by atoms with E-state index in [1.54, 1.807) is 6.92 Å². The van der Waals surface area contributed by atoms with Crippen molar-refractivity contribution in [2.45, 2.75) is 17.1 Å². The molecule has 0 spiro atoms. The lowest BCUT2D eigenvalue weighted by atomic mass is 10.5. The van der Waals surface area contributed by atoms with E-state index in [2.05, 4.69) is 40.9 Å². The summed E-state index contributed by atoms with van der Waals surface area (Å²) in [5.41, 5.74) is 0. The highest BCUT2D eigenvalue weighted by molar-refractivity contribution is 9.12. The highest BCUT2D eigenvalue weighted by atomic mass is 79.9. The first-order chi connectivity index (χ1) is 6.37. The van der Waals surface area contributed by atoms with Gasteiger partial charge in [-0.25, -0.2) is 4.57 Å². The summed E-state index contributed by atoms with van der Waals surface area (Å²) >= 11 is 12.0. The predicted octanol–water partition coefficient (Wildman–Crippen LogP) is 2.91. The van der Waals surface area contributed by atoms with E-state index < -0.39 is 7.82 Å². The maximum absolute atomic E-state index is 11.2. The molecule has 0 amide bonds. The van der Waals surface area contributed by atoms with E-state index in [0.29, 0.717) is 5.33 Å². The molecule has 0 aromatic rings. The second-order valence-corrected chi connectivity index (χ2v) is 6.73. The molecule has 0 rings (SSSR count). The fraction of sp³-hybridized carbons (Fsp3) is 1.00. The van der Waals surface area contributed by atoms with Crippen LogP contribution in [-0.2, 0) is 13.6 Å². The maximum Gasteiger partial charge on any atom is 0.472 e. The predicted molar refractivity (Wildman–Crippen MR) is 63.6 cm³/mol. The van der Waals surface area contributed by atoms with Gasteiger partial charge in [0.1, 0.15) is 0 Å². The van der Waals surface area contributed by atoms with Crippen molar-refractivity contribution in [1.29, 1.82) is 0 Å². The Morgan fingerprint density at radius 1 is 1.50 bits per heavy atom. The Kier molecular flexibility index (Phi) is 8.34. The third kappa shape index (κ3) is 8.65. The Morgan fingerprint density at radius 3 is 2.43 bits per heavy atom. The molecule has 1 N–H and O–H groups in total. The van der Waals surface area contributed by atoms with E-state index in [0.717, 1.165) is 0 Å². The molecule has 0 saturated heterocycles. The SMILES string of the molecule is CC(Cl)COP(=O)(O)OCC(Br)CBr. The van der Waals surface area contributed by atoms with E-state index >= 15 is 0 Å². The molecule has 0 aliphatic carbocycles. The molecule has 4 nitrogen and oxygen atoms in total. The Bertz CT molecular complexity index is 204. The standard InChI is InChI=1S/C6H12Br2ClO4P/c1-5(9)3-12-14(10,11)13-4-6(8)2-7/h5-6H,2-4H2,1H3,(H,10,11). The van der Waals surface area contributed by atoms with Crippen LogP contribution in [0.5, 0.6) is 0 Å². The number of phosphoric acid groups is 1. The number of rotatable bonds is 7. The van der Waals surface area contributed by atoms with Gasteiger partial charge in [0.25, 0.3) is 0 Å². The highest BCUT2D eigenvalue weighted by Crippen LogP contribution is 2.43. The molecule has 0 aliphatic heterocycles. The summed E-state index contributed by atoms with van der Waals surface area (Å²) in [5, 5.41) is 0.300. The van der Waals surface area contributed by atoms with Gasteiger partial charge in [-0.15, -0.1) is 11.6 Å². The van der Waals surface area contributed by atoms with Crippen molar-refractivity contribution in [2.75, 3.05) is 18.5 Å². The van der Waals surface area contributed by atoms with Crippen LogP contribution >= 0.6 is 51.3 Å². The van der Waals surface area contributed by atoms with Crippen LogP contribution in [0.2, 0.25) is 0 Å². The molecule has 86 valence electrons. The molecule has 3 unspecified atom stereocenters. The van der Waals surface area contributed by atoms with Gasteiger partial charge in [0.2, 0.25) is 0 Å². The smallest absolute Gasteiger partial charge is 0.302 e. The zero-order valence-corrected chi connectivity index (χ0v) is 12.4. The topological polar surface area (TPSA) is 55.8 Å². The molecule has 0 aliphatic rings. The molecule has 8 heteroatoms. The molecule has 3 atom stereocenters. The number of halogens is 3. The van der Waals surface area contributed by atoms with E-state index in [-0.39, 0.29) is 23.4 Å². The van der Waals surface area contributed by atoms with Crippen molar-refractivity contribution in [1.82, 2.24) is 0 Å². The van der Waals surface area contributed by atoms with Crippen LogP contribution in [0.4, 0.5) is 0 Å². The third-order valence-electron chi connectivity index (χ3n) is 1.05. The van der Waals surface area contributed by atoms with E-state index in [1.165, 1.54) is 0 Å². The van der Waals surface area contributed by atoms with Gasteiger partial charge in [-0.3, -0.25) is 9.05 Å². The van der Waals surface area contributed by atoms with Crippen molar-refractivity contribution in [3.8, 4) is 0 Å². The van der Waals surface area contributed by atoms with E-state index in [4.69, 9.17) is 16.5 Å². The molecule has 0 heterocycles. The summed E-state index contributed by atoms with van der Waals surface area (Å²) in [5.74, 6) is 0. The first kappa shape index (κ1) is 15.4. The zero-order valence-electron chi connectivity index (χ0n) is 7.53. The molecule has 0 saturated carbocycles. The second kappa shape index (κ2) is 7.60. The van der Waals surface area contributed by atoms with Crippen LogP contribution in [0.25, 0.3) is 0 Å². The number of hydrogen-bond acceptors (Lipinski definition) is 3. The van der Waals surface area contributed by atoms with Crippen LogP contribution in [0.3, 0.4) is 0 Å². The Morgan fingerprint density at radius 2 is 2.00 bits per heavy atom. The largest absolute Gasteiger partial charge is 0.472 e. The molecule has 0 fully saturated rings. The number of alkyl halides is 3. The van der Waals surface area contributed by atoms with Crippen LogP contribution in [0.1, 0.15) is 6.92 Å². The second-order valence-electron chi connectivity index (χ2n) is 2.59. The van der Waals surface area contributed by atoms with Crippen LogP contribution < -0.4 is 0 Å². The summed E-state index contributed by atoms with van der Waals surface area (Å²) in [6, 6.07) is 0. The monoisotopic (exact) mass is 372 g/mol. The van der Waals surface area contributed by atoms with Gasteiger partial charge in [-0.2, -0.15) is 0 Å². The molecule has 0 bridgehead atoms. The van der Waals surface area contributed by atoms with Crippen LogP contribution in [-0.4, -0.2) is 33.6 Å². The lowest BCUT2D eigenvalue weighted by Gasteiger charge is -2.14. The first-order valence-electron chi connectivity index (χ1n) is 3.83. The maximum atomic E-state index is 11.2. The third-order valence-corrected chi connectivity index (χ3v) is 4.37. The summed E-state index contributed by atoms with van der Waals surface area (Å²) in [6.07, 6.45) is 0. The Hall–Kier alpha value is 1.36. The Balaban J connectivity index is 3.77. The van der Waals surface area contributed by atoms with Gasteiger partial charge >= 0.3 is 7.82 Å². The Labute approximate surface area is 105 Å². The van der Waals surface area contributed by atoms with Crippen LogP contribution in [0, 0.1) is 0 Å². The van der Waals surface area contributed by atoms with Crippen molar-refractivity contribution in [3.05, 3.63) is 0 Å². The minimum atomic E-state index is -3.95. The van der Waals surface area contributed by atoms with Gasteiger partial charge < -0.3 is 4.89 Å². The minimum Gasteiger partial charge on any atom is -0.302 e. The van der Waals surface area contributed by atoms with E-state index in [1.807, 2.05) is 0 Å². The summed E-state index contributed by atoms with van der Waals surface area (Å²) < 4.78 is 20.4. The molecular weight excluding hydrogens is 362 g/mol. The zero-order chi connectivity index (χ0) is 11.2. The molecule has 0 aromatic carbocycles. The average molecular weight is 374 g/mol. The van der Waals surface area contributed by atoms with E-state index in [9.17, 15) is 4.57 Å². The van der Waals surface area contributed by atoms with Crippen molar-refractivity contribution >= 4 is 51.3 Å². The minimum absolute atomic E-state index is 0.0173. The van der Waals surface area contributed by atoms with Crippen molar-refractivity contribution in [2.24, 2.45) is 0 Å². The molecular formula is C6H12Br2ClO4P. The quantitative estimate of drug-likeness (QED) is 0.550. The summed E-state index contributed by atoms with van der Waals surface area (Å²) in [7, 11) is -3.95. The van der Waals surface area contributed by atoms with Gasteiger partial charge in [-0.1, -0.05) is 31.9 Å². The fourth-order valence-electron chi connectivity index (χ4n) is 0.454. The van der Waals surface area contributed by atoms with Gasteiger partial charge in [-0.05, 0) is 6.92 Å².